The number of carbonyl (C=O) groups is 1. The Labute approximate surface area is 160 Å². The zero-order valence-electron chi connectivity index (χ0n) is 15.0. The lowest BCUT2D eigenvalue weighted by Gasteiger charge is -2.19. The Bertz CT molecular complexity index is 1010. The van der Waals surface area contributed by atoms with Crippen LogP contribution in [-0.4, -0.2) is 41.5 Å². The van der Waals surface area contributed by atoms with E-state index in [2.05, 4.69) is 25.8 Å². The topological polar surface area (TPSA) is 107 Å². The largest absolute Gasteiger partial charge is 0.486 e. The van der Waals surface area contributed by atoms with E-state index in [0.29, 0.717) is 41.8 Å². The Balaban J connectivity index is 1.53. The first-order chi connectivity index (χ1) is 13.7. The van der Waals surface area contributed by atoms with Crippen LogP contribution >= 0.6 is 0 Å². The van der Waals surface area contributed by atoms with Gasteiger partial charge in [0.05, 0.1) is 24.6 Å². The highest BCUT2D eigenvalue weighted by molar-refractivity contribution is 5.96. The molecule has 28 heavy (non-hydrogen) atoms. The van der Waals surface area contributed by atoms with Crippen LogP contribution in [-0.2, 0) is 4.74 Å². The second-order valence-electron chi connectivity index (χ2n) is 5.81. The highest BCUT2D eigenvalue weighted by Crippen LogP contribution is 2.33. The number of hydrogen-bond acceptors (Lipinski definition) is 9. The van der Waals surface area contributed by atoms with Crippen molar-refractivity contribution < 1.29 is 19.0 Å². The number of methoxy groups -OCH3 is 1. The van der Waals surface area contributed by atoms with Gasteiger partial charge >= 0.3 is 5.97 Å². The van der Waals surface area contributed by atoms with E-state index >= 15 is 0 Å². The van der Waals surface area contributed by atoms with Gasteiger partial charge in [-0.3, -0.25) is 0 Å². The monoisotopic (exact) mass is 379 g/mol. The van der Waals surface area contributed by atoms with Gasteiger partial charge in [0.1, 0.15) is 13.2 Å². The molecule has 4 rings (SSSR count). The quantitative estimate of drug-likeness (QED) is 0.647. The fourth-order valence-corrected chi connectivity index (χ4v) is 2.69. The maximum Gasteiger partial charge on any atom is 0.339 e. The van der Waals surface area contributed by atoms with Crippen LogP contribution < -0.4 is 20.1 Å². The molecule has 0 atom stereocenters. The Morgan fingerprint density at radius 1 is 1.07 bits per heavy atom. The minimum absolute atomic E-state index is 0.235. The first kappa shape index (κ1) is 17.5. The number of aromatic nitrogens is 3. The predicted molar refractivity (Wildman–Crippen MR) is 102 cm³/mol. The molecule has 0 unspecified atom stereocenters. The molecular weight excluding hydrogens is 362 g/mol. The molecule has 2 N–H and O–H groups in total. The van der Waals surface area contributed by atoms with E-state index in [1.807, 2.05) is 18.2 Å². The first-order valence-corrected chi connectivity index (χ1v) is 8.54. The van der Waals surface area contributed by atoms with Crippen LogP contribution in [0.3, 0.4) is 0 Å². The summed E-state index contributed by atoms with van der Waals surface area (Å²) in [5.41, 5.74) is 1.66. The van der Waals surface area contributed by atoms with Crippen molar-refractivity contribution >= 4 is 29.1 Å². The molecule has 3 aromatic rings. The molecule has 1 aromatic heterocycles. The van der Waals surface area contributed by atoms with Gasteiger partial charge in [0.15, 0.2) is 17.3 Å². The number of anilines is 4. The molecule has 0 amide bonds. The lowest BCUT2D eigenvalue weighted by atomic mass is 10.2. The minimum atomic E-state index is -0.457. The fourth-order valence-electron chi connectivity index (χ4n) is 2.69. The predicted octanol–water partition coefficient (Wildman–Crippen LogP) is 2.92. The summed E-state index contributed by atoms with van der Waals surface area (Å²) in [4.78, 5) is 16.3. The highest BCUT2D eigenvalue weighted by atomic mass is 16.6. The zero-order chi connectivity index (χ0) is 19.3. The van der Waals surface area contributed by atoms with Crippen molar-refractivity contribution in [3.8, 4) is 11.5 Å². The molecule has 2 aromatic carbocycles. The second-order valence-corrected chi connectivity index (χ2v) is 5.81. The van der Waals surface area contributed by atoms with Gasteiger partial charge in [0.25, 0.3) is 0 Å². The minimum Gasteiger partial charge on any atom is -0.486 e. The van der Waals surface area contributed by atoms with Gasteiger partial charge in [-0.05, 0) is 24.3 Å². The third-order valence-corrected chi connectivity index (χ3v) is 3.95. The van der Waals surface area contributed by atoms with Crippen LogP contribution in [0.25, 0.3) is 0 Å². The van der Waals surface area contributed by atoms with E-state index in [1.165, 1.54) is 13.3 Å². The van der Waals surface area contributed by atoms with Gasteiger partial charge in [-0.15, -0.1) is 5.10 Å². The number of ether oxygens (including phenoxy) is 3. The Kier molecular flexibility index (Phi) is 4.87. The number of para-hydroxylation sites is 1. The molecule has 2 heterocycles. The number of carbonyl (C=O) groups excluding carboxylic acids is 1. The van der Waals surface area contributed by atoms with Crippen LogP contribution in [0, 0.1) is 0 Å². The molecule has 0 bridgehead atoms. The van der Waals surface area contributed by atoms with E-state index in [4.69, 9.17) is 14.2 Å². The third-order valence-electron chi connectivity index (χ3n) is 3.95. The summed E-state index contributed by atoms with van der Waals surface area (Å²) in [6.07, 6.45) is 1.49. The van der Waals surface area contributed by atoms with Crippen molar-refractivity contribution in [1.29, 1.82) is 0 Å². The van der Waals surface area contributed by atoms with Gasteiger partial charge in [-0.2, -0.15) is 10.1 Å². The molecule has 0 radical (unpaired) electrons. The van der Waals surface area contributed by atoms with Gasteiger partial charge in [-0.25, -0.2) is 4.79 Å². The van der Waals surface area contributed by atoms with Crippen LogP contribution in [0.2, 0.25) is 0 Å². The number of nitrogens with one attached hydrogen (secondary N) is 2. The maximum absolute atomic E-state index is 11.9. The lowest BCUT2D eigenvalue weighted by molar-refractivity contribution is 0.0602. The summed E-state index contributed by atoms with van der Waals surface area (Å²) in [5, 5.41) is 14.1. The highest BCUT2D eigenvalue weighted by Gasteiger charge is 2.14. The number of benzene rings is 2. The van der Waals surface area contributed by atoms with Crippen LogP contribution in [0.1, 0.15) is 10.4 Å². The summed E-state index contributed by atoms with van der Waals surface area (Å²) in [6, 6.07) is 12.4. The first-order valence-electron chi connectivity index (χ1n) is 8.54. The van der Waals surface area contributed by atoms with Crippen LogP contribution in [0.4, 0.5) is 23.1 Å². The molecule has 9 nitrogen and oxygen atoms in total. The molecular formula is C19H17N5O4. The Hall–Kier alpha value is -3.88. The van der Waals surface area contributed by atoms with E-state index < -0.39 is 5.97 Å². The average molecular weight is 379 g/mol. The lowest BCUT2D eigenvalue weighted by Crippen LogP contribution is -2.15. The third kappa shape index (κ3) is 3.78. The normalized spacial score (nSPS) is 12.2. The summed E-state index contributed by atoms with van der Waals surface area (Å²) in [6.45, 7) is 1.05. The number of rotatable bonds is 5. The van der Waals surface area contributed by atoms with E-state index in [1.54, 1.807) is 24.3 Å². The smallest absolute Gasteiger partial charge is 0.339 e. The van der Waals surface area contributed by atoms with Crippen molar-refractivity contribution in [3.05, 3.63) is 54.2 Å². The second kappa shape index (κ2) is 7.78. The summed E-state index contributed by atoms with van der Waals surface area (Å²) >= 11 is 0. The van der Waals surface area contributed by atoms with Crippen molar-refractivity contribution in [1.82, 2.24) is 15.2 Å². The van der Waals surface area contributed by atoms with Gasteiger partial charge in [-0.1, -0.05) is 12.1 Å². The van der Waals surface area contributed by atoms with Crippen molar-refractivity contribution in [2.75, 3.05) is 31.0 Å². The van der Waals surface area contributed by atoms with Crippen LogP contribution in [0.5, 0.6) is 11.5 Å². The summed E-state index contributed by atoms with van der Waals surface area (Å²) < 4.78 is 15.9. The summed E-state index contributed by atoms with van der Waals surface area (Å²) in [5.74, 6) is 1.63. The Morgan fingerprint density at radius 2 is 1.89 bits per heavy atom. The number of esters is 1. The molecule has 0 spiro atoms. The van der Waals surface area contributed by atoms with Gasteiger partial charge < -0.3 is 24.8 Å². The molecule has 1 aliphatic rings. The maximum atomic E-state index is 11.9. The molecule has 1 aliphatic heterocycles. The number of nitrogens with zero attached hydrogens (tertiary/aromatic N) is 3. The number of hydrogen-bond donors (Lipinski definition) is 2. The SMILES string of the molecule is COC(=O)c1ccccc1Nc1nncc(Nc2ccc3c(c2)OCCO3)n1. The van der Waals surface area contributed by atoms with Gasteiger partial charge in [0, 0.05) is 11.8 Å². The molecule has 0 saturated carbocycles. The zero-order valence-corrected chi connectivity index (χ0v) is 15.0. The standard InChI is InChI=1S/C19H17N5O4/c1-26-18(25)13-4-2-3-5-14(13)22-19-23-17(11-20-24-19)21-12-6-7-15-16(10-12)28-9-8-27-15/h2-7,10-11H,8-9H2,1H3,(H2,21,22,23,24). The van der Waals surface area contributed by atoms with Gasteiger partial charge in [0.2, 0.25) is 5.95 Å². The summed E-state index contributed by atoms with van der Waals surface area (Å²) in [7, 11) is 1.33. The molecule has 142 valence electrons. The number of fused-ring (bicyclic) bond motifs is 1. The van der Waals surface area contributed by atoms with Crippen molar-refractivity contribution in [2.45, 2.75) is 0 Å². The molecule has 0 aliphatic carbocycles. The van der Waals surface area contributed by atoms with E-state index in [-0.39, 0.29) is 5.95 Å². The molecule has 0 fully saturated rings. The van der Waals surface area contributed by atoms with Crippen molar-refractivity contribution in [2.24, 2.45) is 0 Å². The van der Waals surface area contributed by atoms with E-state index in [9.17, 15) is 4.79 Å². The van der Waals surface area contributed by atoms with Crippen molar-refractivity contribution in [3.63, 3.8) is 0 Å². The Morgan fingerprint density at radius 3 is 2.75 bits per heavy atom. The van der Waals surface area contributed by atoms with Crippen LogP contribution in [0.15, 0.2) is 48.7 Å². The molecule has 0 saturated heterocycles. The fraction of sp³-hybridized carbons (Fsp3) is 0.158. The molecule has 9 heteroatoms. The average Bonchev–Trinajstić information content (AvgIpc) is 2.74. The van der Waals surface area contributed by atoms with E-state index in [0.717, 1.165) is 5.69 Å².